The zero-order valence-corrected chi connectivity index (χ0v) is 14.3. The van der Waals surface area contributed by atoms with Crippen LogP contribution < -0.4 is 14.8 Å². The van der Waals surface area contributed by atoms with Gasteiger partial charge in [0.05, 0.1) is 16.0 Å². The Bertz CT molecular complexity index is 657. The minimum atomic E-state index is -0.393. The Morgan fingerprint density at radius 3 is 2.73 bits per heavy atom. The van der Waals surface area contributed by atoms with Crippen LogP contribution in [0.15, 0.2) is 34.2 Å². The van der Waals surface area contributed by atoms with Crippen LogP contribution in [0.4, 0.5) is 4.79 Å². The molecule has 0 aromatic heterocycles. The minimum absolute atomic E-state index is 0.346. The molecule has 2 rings (SSSR count). The standard InChI is InChI=1S/C15H14BrNO4S/c1-3-5-21-13-10(16)6-9(7-11(13)20-4-2)8-12-14(18)17-15(19)22-12/h3,6-8H,1,4-5H2,2H3,(H,17,18,19)/b12-8-. The molecule has 0 spiro atoms. The van der Waals surface area contributed by atoms with E-state index < -0.39 is 5.91 Å². The van der Waals surface area contributed by atoms with Gasteiger partial charge >= 0.3 is 0 Å². The van der Waals surface area contributed by atoms with Gasteiger partial charge in [-0.15, -0.1) is 0 Å². The third kappa shape index (κ3) is 3.92. The van der Waals surface area contributed by atoms with Crippen LogP contribution in [0.2, 0.25) is 0 Å². The molecule has 2 amide bonds. The summed E-state index contributed by atoms with van der Waals surface area (Å²) in [6.45, 7) is 6.31. The second-order valence-corrected chi connectivity index (χ2v) is 6.08. The molecule has 7 heteroatoms. The monoisotopic (exact) mass is 383 g/mol. The van der Waals surface area contributed by atoms with E-state index in [4.69, 9.17) is 9.47 Å². The fourth-order valence-electron chi connectivity index (χ4n) is 1.79. The largest absolute Gasteiger partial charge is 0.490 e. The maximum absolute atomic E-state index is 11.6. The Kier molecular flexibility index (Phi) is 5.68. The first-order valence-electron chi connectivity index (χ1n) is 6.50. The number of imide groups is 1. The normalized spacial score (nSPS) is 15.8. The predicted molar refractivity (Wildman–Crippen MR) is 90.1 cm³/mol. The maximum Gasteiger partial charge on any atom is 0.290 e. The molecule has 1 fully saturated rings. The molecule has 0 aliphatic carbocycles. The van der Waals surface area contributed by atoms with Gasteiger partial charge in [-0.25, -0.2) is 0 Å². The molecule has 1 N–H and O–H groups in total. The second kappa shape index (κ2) is 7.51. The van der Waals surface area contributed by atoms with E-state index in [1.54, 1.807) is 24.3 Å². The van der Waals surface area contributed by atoms with Gasteiger partial charge in [-0.2, -0.15) is 0 Å². The van der Waals surface area contributed by atoms with Crippen molar-refractivity contribution in [3.63, 3.8) is 0 Å². The van der Waals surface area contributed by atoms with Crippen molar-refractivity contribution >= 4 is 44.9 Å². The Morgan fingerprint density at radius 1 is 1.36 bits per heavy atom. The number of amides is 2. The zero-order chi connectivity index (χ0) is 16.1. The summed E-state index contributed by atoms with van der Waals surface area (Å²) in [5, 5.41) is 1.85. The molecule has 1 aliphatic heterocycles. The first-order valence-corrected chi connectivity index (χ1v) is 8.11. The SMILES string of the molecule is C=CCOc1c(Br)cc(/C=C2\SC(=O)NC2=O)cc1OCC. The molecule has 0 atom stereocenters. The number of halogens is 1. The van der Waals surface area contributed by atoms with Crippen LogP contribution in [0.3, 0.4) is 0 Å². The number of benzene rings is 1. The van der Waals surface area contributed by atoms with Gasteiger partial charge in [0.2, 0.25) is 0 Å². The van der Waals surface area contributed by atoms with Gasteiger partial charge in [-0.05, 0) is 58.4 Å². The molecule has 1 aromatic carbocycles. The fourth-order valence-corrected chi connectivity index (χ4v) is 3.05. The second-order valence-electron chi connectivity index (χ2n) is 4.21. The van der Waals surface area contributed by atoms with E-state index in [9.17, 15) is 9.59 Å². The average Bonchev–Trinajstić information content (AvgIpc) is 2.76. The maximum atomic E-state index is 11.6. The molecule has 1 heterocycles. The van der Waals surface area contributed by atoms with Gasteiger partial charge < -0.3 is 9.47 Å². The summed E-state index contributed by atoms with van der Waals surface area (Å²) in [5.74, 6) is 0.736. The molecule has 1 aromatic rings. The number of thioether (sulfide) groups is 1. The summed E-state index contributed by atoms with van der Waals surface area (Å²) in [5.41, 5.74) is 0.730. The smallest absolute Gasteiger partial charge is 0.290 e. The third-order valence-corrected chi connectivity index (χ3v) is 4.02. The number of carbonyl (C=O) groups is 2. The van der Waals surface area contributed by atoms with Crippen LogP contribution in [-0.4, -0.2) is 24.4 Å². The highest BCUT2D eigenvalue weighted by atomic mass is 79.9. The molecular formula is C15H14BrNO4S. The Hall–Kier alpha value is -1.73. The van der Waals surface area contributed by atoms with Crippen LogP contribution in [-0.2, 0) is 4.79 Å². The van der Waals surface area contributed by atoms with Crippen LogP contribution in [0.1, 0.15) is 12.5 Å². The van der Waals surface area contributed by atoms with Crippen molar-refractivity contribution in [3.8, 4) is 11.5 Å². The summed E-state index contributed by atoms with van der Waals surface area (Å²) in [6.07, 6.45) is 3.28. The molecule has 1 aliphatic rings. The van der Waals surface area contributed by atoms with E-state index in [0.717, 1.165) is 17.3 Å². The van der Waals surface area contributed by atoms with E-state index >= 15 is 0 Å². The lowest BCUT2D eigenvalue weighted by Crippen LogP contribution is -2.17. The summed E-state index contributed by atoms with van der Waals surface area (Å²) in [6, 6.07) is 3.56. The van der Waals surface area contributed by atoms with Crippen molar-refractivity contribution < 1.29 is 19.1 Å². The number of carbonyl (C=O) groups excluding carboxylic acids is 2. The van der Waals surface area contributed by atoms with E-state index in [-0.39, 0.29) is 5.24 Å². The van der Waals surface area contributed by atoms with E-state index in [2.05, 4.69) is 27.8 Å². The van der Waals surface area contributed by atoms with Crippen molar-refractivity contribution in [2.24, 2.45) is 0 Å². The molecule has 116 valence electrons. The Labute approximate surface area is 140 Å². The predicted octanol–water partition coefficient (Wildman–Crippen LogP) is 3.74. The minimum Gasteiger partial charge on any atom is -0.490 e. The number of rotatable bonds is 6. The summed E-state index contributed by atoms with van der Waals surface area (Å²) >= 11 is 4.30. The average molecular weight is 384 g/mol. The van der Waals surface area contributed by atoms with Gasteiger partial charge in [0.15, 0.2) is 11.5 Å². The molecule has 0 unspecified atom stereocenters. The van der Waals surface area contributed by atoms with Crippen molar-refractivity contribution in [1.82, 2.24) is 5.32 Å². The summed E-state index contributed by atoms with van der Waals surface area (Å²) < 4.78 is 11.9. The molecule has 0 saturated carbocycles. The molecule has 0 radical (unpaired) electrons. The molecular weight excluding hydrogens is 370 g/mol. The third-order valence-electron chi connectivity index (χ3n) is 2.62. The molecule has 0 bridgehead atoms. The highest BCUT2D eigenvalue weighted by Gasteiger charge is 2.25. The first kappa shape index (κ1) is 16.6. The van der Waals surface area contributed by atoms with Gasteiger partial charge in [0.25, 0.3) is 11.1 Å². The number of ether oxygens (including phenoxy) is 2. The van der Waals surface area contributed by atoms with E-state index in [1.807, 2.05) is 6.92 Å². The fraction of sp³-hybridized carbons (Fsp3) is 0.200. The van der Waals surface area contributed by atoms with Crippen molar-refractivity contribution in [2.45, 2.75) is 6.92 Å². The van der Waals surface area contributed by atoms with Crippen LogP contribution in [0, 0.1) is 0 Å². The van der Waals surface area contributed by atoms with Crippen molar-refractivity contribution in [1.29, 1.82) is 0 Å². The molecule has 5 nitrogen and oxygen atoms in total. The van der Waals surface area contributed by atoms with E-state index in [0.29, 0.717) is 34.1 Å². The number of nitrogens with one attached hydrogen (secondary N) is 1. The highest BCUT2D eigenvalue weighted by molar-refractivity contribution is 9.10. The van der Waals surface area contributed by atoms with Gasteiger partial charge in [-0.3, -0.25) is 14.9 Å². The highest BCUT2D eigenvalue weighted by Crippen LogP contribution is 2.38. The van der Waals surface area contributed by atoms with Crippen LogP contribution >= 0.6 is 27.7 Å². The quantitative estimate of drug-likeness (QED) is 0.598. The Balaban J connectivity index is 2.37. The van der Waals surface area contributed by atoms with Crippen LogP contribution in [0.5, 0.6) is 11.5 Å². The molecule has 1 saturated heterocycles. The number of hydrogen-bond acceptors (Lipinski definition) is 5. The number of hydrogen-bond donors (Lipinski definition) is 1. The topological polar surface area (TPSA) is 64.6 Å². The zero-order valence-electron chi connectivity index (χ0n) is 11.8. The van der Waals surface area contributed by atoms with Gasteiger partial charge in [-0.1, -0.05) is 12.7 Å². The van der Waals surface area contributed by atoms with Crippen molar-refractivity contribution in [2.75, 3.05) is 13.2 Å². The van der Waals surface area contributed by atoms with Gasteiger partial charge in [0.1, 0.15) is 6.61 Å². The van der Waals surface area contributed by atoms with Crippen LogP contribution in [0.25, 0.3) is 6.08 Å². The summed E-state index contributed by atoms with van der Waals surface area (Å²) in [7, 11) is 0. The lowest BCUT2D eigenvalue weighted by Gasteiger charge is -2.13. The first-order chi connectivity index (χ1) is 10.5. The lowest BCUT2D eigenvalue weighted by molar-refractivity contribution is -0.115. The van der Waals surface area contributed by atoms with E-state index in [1.165, 1.54) is 0 Å². The van der Waals surface area contributed by atoms with Crippen molar-refractivity contribution in [3.05, 3.63) is 39.7 Å². The Morgan fingerprint density at radius 2 is 2.14 bits per heavy atom. The lowest BCUT2D eigenvalue weighted by atomic mass is 10.2. The van der Waals surface area contributed by atoms with Gasteiger partial charge in [0, 0.05) is 0 Å². The molecule has 22 heavy (non-hydrogen) atoms. The summed E-state index contributed by atoms with van der Waals surface area (Å²) in [4.78, 5) is 23.1.